The van der Waals surface area contributed by atoms with Gasteiger partial charge in [0.15, 0.2) is 0 Å². The van der Waals surface area contributed by atoms with Crippen LogP contribution in [0.2, 0.25) is 0 Å². The molecule has 21 heavy (non-hydrogen) atoms. The van der Waals surface area contributed by atoms with Crippen LogP contribution in [0.15, 0.2) is 36.9 Å². The fourth-order valence-electron chi connectivity index (χ4n) is 2.12. The number of unbranched alkanes of at least 4 members (excludes halogenated alkanes) is 7. The summed E-state index contributed by atoms with van der Waals surface area (Å²) in [5.41, 5.74) is 0.481. The van der Waals surface area contributed by atoms with Crippen molar-refractivity contribution in [2.75, 3.05) is 6.61 Å². The van der Waals surface area contributed by atoms with Gasteiger partial charge in [-0.15, -0.1) is 6.58 Å². The van der Waals surface area contributed by atoms with Crippen molar-refractivity contribution in [2.24, 2.45) is 0 Å². The minimum Gasteiger partial charge on any atom is -0.508 e. The standard InChI is InChI=1S/C18H26O3/c1-2-3-4-5-6-7-8-9-10-15-21-18(20)16-11-13-17(19)14-12-16/h2,11-14,19H,1,3-10,15H2. The predicted molar refractivity (Wildman–Crippen MR) is 85.5 cm³/mol. The Morgan fingerprint density at radius 2 is 1.57 bits per heavy atom. The fraction of sp³-hybridized carbons (Fsp3) is 0.500. The topological polar surface area (TPSA) is 46.5 Å². The van der Waals surface area contributed by atoms with E-state index in [1.54, 1.807) is 12.1 Å². The third kappa shape index (κ3) is 8.18. The number of esters is 1. The van der Waals surface area contributed by atoms with Crippen molar-refractivity contribution in [3.8, 4) is 5.75 Å². The molecular formula is C18H26O3. The summed E-state index contributed by atoms with van der Waals surface area (Å²) in [5, 5.41) is 9.15. The molecule has 0 amide bonds. The van der Waals surface area contributed by atoms with Crippen LogP contribution in [0, 0.1) is 0 Å². The maximum atomic E-state index is 11.7. The highest BCUT2D eigenvalue weighted by Gasteiger charge is 2.06. The van der Waals surface area contributed by atoms with Crippen molar-refractivity contribution in [2.45, 2.75) is 51.4 Å². The van der Waals surface area contributed by atoms with E-state index in [9.17, 15) is 4.79 Å². The number of benzene rings is 1. The molecule has 3 heteroatoms. The molecule has 0 spiro atoms. The first-order valence-electron chi connectivity index (χ1n) is 7.81. The van der Waals surface area contributed by atoms with E-state index >= 15 is 0 Å². The fourth-order valence-corrected chi connectivity index (χ4v) is 2.12. The van der Waals surface area contributed by atoms with Gasteiger partial charge < -0.3 is 9.84 Å². The summed E-state index contributed by atoms with van der Waals surface area (Å²) in [4.78, 5) is 11.7. The van der Waals surface area contributed by atoms with Gasteiger partial charge in [-0.1, -0.05) is 38.2 Å². The van der Waals surface area contributed by atoms with Crippen molar-refractivity contribution in [3.63, 3.8) is 0 Å². The third-order valence-corrected chi connectivity index (χ3v) is 3.39. The number of phenolic OH excluding ortho intramolecular Hbond substituents is 1. The highest BCUT2D eigenvalue weighted by molar-refractivity contribution is 5.89. The molecular weight excluding hydrogens is 264 g/mol. The lowest BCUT2D eigenvalue weighted by Gasteiger charge is -2.05. The molecule has 1 aromatic rings. The SMILES string of the molecule is C=CCCCCCCCCCOC(=O)c1ccc(O)cc1. The Bertz CT molecular complexity index is 409. The first-order valence-corrected chi connectivity index (χ1v) is 7.81. The maximum Gasteiger partial charge on any atom is 0.338 e. The molecule has 0 bridgehead atoms. The zero-order valence-corrected chi connectivity index (χ0v) is 12.7. The zero-order valence-electron chi connectivity index (χ0n) is 12.7. The van der Waals surface area contributed by atoms with Crippen LogP contribution >= 0.6 is 0 Å². The van der Waals surface area contributed by atoms with Crippen LogP contribution in [-0.4, -0.2) is 17.7 Å². The molecule has 0 heterocycles. The number of ether oxygens (including phenoxy) is 1. The summed E-state index contributed by atoms with van der Waals surface area (Å²) >= 11 is 0. The Labute approximate surface area is 127 Å². The van der Waals surface area contributed by atoms with E-state index in [1.807, 2.05) is 6.08 Å². The molecule has 0 radical (unpaired) electrons. The van der Waals surface area contributed by atoms with Crippen molar-refractivity contribution in [3.05, 3.63) is 42.5 Å². The molecule has 3 nitrogen and oxygen atoms in total. The summed E-state index contributed by atoms with van der Waals surface area (Å²) in [6, 6.07) is 6.12. The van der Waals surface area contributed by atoms with E-state index in [2.05, 4.69) is 6.58 Å². The minimum absolute atomic E-state index is 0.152. The summed E-state index contributed by atoms with van der Waals surface area (Å²) in [6.07, 6.45) is 11.4. The molecule has 0 atom stereocenters. The van der Waals surface area contributed by atoms with Crippen LogP contribution in [0.25, 0.3) is 0 Å². The quantitative estimate of drug-likeness (QED) is 0.360. The van der Waals surface area contributed by atoms with Gasteiger partial charge in [0, 0.05) is 0 Å². The molecule has 0 fully saturated rings. The number of carbonyl (C=O) groups excluding carboxylic acids is 1. The van der Waals surface area contributed by atoms with Crippen LogP contribution in [0.1, 0.15) is 61.7 Å². The summed E-state index contributed by atoms with van der Waals surface area (Å²) in [7, 11) is 0. The molecule has 0 aliphatic carbocycles. The smallest absolute Gasteiger partial charge is 0.338 e. The Kier molecular flexibility index (Phi) is 9.01. The minimum atomic E-state index is -0.320. The van der Waals surface area contributed by atoms with Crippen LogP contribution in [0.5, 0.6) is 5.75 Å². The average molecular weight is 290 g/mol. The lowest BCUT2D eigenvalue weighted by molar-refractivity contribution is 0.0497. The predicted octanol–water partition coefficient (Wildman–Crippen LogP) is 4.86. The lowest BCUT2D eigenvalue weighted by Crippen LogP contribution is -2.06. The Balaban J connectivity index is 1.97. The first-order chi connectivity index (χ1) is 10.2. The summed E-state index contributed by atoms with van der Waals surface area (Å²) in [5.74, 6) is -0.168. The van der Waals surface area contributed by atoms with E-state index in [0.717, 1.165) is 19.3 Å². The molecule has 0 saturated carbocycles. The number of allylic oxidation sites excluding steroid dienone is 1. The lowest BCUT2D eigenvalue weighted by atomic mass is 10.1. The monoisotopic (exact) mass is 290 g/mol. The summed E-state index contributed by atoms with van der Waals surface area (Å²) < 4.78 is 5.20. The largest absolute Gasteiger partial charge is 0.508 e. The molecule has 1 rings (SSSR count). The number of rotatable bonds is 11. The molecule has 1 aromatic carbocycles. The molecule has 1 N–H and O–H groups in total. The van der Waals surface area contributed by atoms with Crippen LogP contribution < -0.4 is 0 Å². The molecule has 0 unspecified atom stereocenters. The number of phenols is 1. The van der Waals surface area contributed by atoms with Crippen molar-refractivity contribution in [1.82, 2.24) is 0 Å². The van der Waals surface area contributed by atoms with E-state index in [4.69, 9.17) is 9.84 Å². The van der Waals surface area contributed by atoms with Crippen molar-refractivity contribution in [1.29, 1.82) is 0 Å². The van der Waals surface area contributed by atoms with Gasteiger partial charge in [0.1, 0.15) is 5.75 Å². The second-order valence-electron chi connectivity index (χ2n) is 5.24. The number of hydrogen-bond acceptors (Lipinski definition) is 3. The van der Waals surface area contributed by atoms with E-state index in [0.29, 0.717) is 12.2 Å². The second-order valence-corrected chi connectivity index (χ2v) is 5.24. The highest BCUT2D eigenvalue weighted by Crippen LogP contribution is 2.12. The molecule has 0 aliphatic rings. The van der Waals surface area contributed by atoms with Gasteiger partial charge in [0.05, 0.1) is 12.2 Å². The van der Waals surface area contributed by atoms with E-state index in [-0.39, 0.29) is 11.7 Å². The zero-order chi connectivity index (χ0) is 15.3. The van der Waals surface area contributed by atoms with Gasteiger partial charge in [-0.2, -0.15) is 0 Å². The summed E-state index contributed by atoms with van der Waals surface area (Å²) in [6.45, 7) is 4.18. The number of aromatic hydroxyl groups is 1. The van der Waals surface area contributed by atoms with Crippen LogP contribution in [0.4, 0.5) is 0 Å². The number of carbonyl (C=O) groups is 1. The van der Waals surface area contributed by atoms with E-state index < -0.39 is 0 Å². The van der Waals surface area contributed by atoms with Crippen molar-refractivity contribution < 1.29 is 14.6 Å². The molecule has 116 valence electrons. The van der Waals surface area contributed by atoms with Gasteiger partial charge in [-0.25, -0.2) is 4.79 Å². The van der Waals surface area contributed by atoms with Gasteiger partial charge in [0.25, 0.3) is 0 Å². The van der Waals surface area contributed by atoms with Gasteiger partial charge in [0.2, 0.25) is 0 Å². The Morgan fingerprint density at radius 1 is 1.00 bits per heavy atom. The Morgan fingerprint density at radius 3 is 2.19 bits per heavy atom. The maximum absolute atomic E-state index is 11.7. The second kappa shape index (κ2) is 11.0. The van der Waals surface area contributed by atoms with Crippen LogP contribution in [-0.2, 0) is 4.74 Å². The van der Waals surface area contributed by atoms with E-state index in [1.165, 1.54) is 44.2 Å². The molecule has 0 aliphatic heterocycles. The number of hydrogen-bond donors (Lipinski definition) is 1. The van der Waals surface area contributed by atoms with Gasteiger partial charge in [-0.3, -0.25) is 0 Å². The first kappa shape index (κ1) is 17.3. The average Bonchev–Trinajstić information content (AvgIpc) is 2.49. The molecule has 0 saturated heterocycles. The van der Waals surface area contributed by atoms with Crippen molar-refractivity contribution >= 4 is 5.97 Å². The van der Waals surface area contributed by atoms with Crippen LogP contribution in [0.3, 0.4) is 0 Å². The Hall–Kier alpha value is -1.77. The third-order valence-electron chi connectivity index (χ3n) is 3.39. The highest BCUT2D eigenvalue weighted by atomic mass is 16.5. The normalized spacial score (nSPS) is 10.3. The molecule has 0 aromatic heterocycles. The van der Waals surface area contributed by atoms with Gasteiger partial charge in [-0.05, 0) is 43.5 Å². The van der Waals surface area contributed by atoms with Gasteiger partial charge >= 0.3 is 5.97 Å².